The van der Waals surface area contributed by atoms with Gasteiger partial charge in [0.05, 0.1) is 0 Å². The zero-order chi connectivity index (χ0) is 8.20. The molecule has 1 nitrogen and oxygen atoms in total. The molecular weight excluding hydrogens is 122 g/mol. The van der Waals surface area contributed by atoms with Gasteiger partial charge < -0.3 is 0 Å². The summed E-state index contributed by atoms with van der Waals surface area (Å²) in [5.41, 5.74) is 0.245. The van der Waals surface area contributed by atoms with E-state index in [9.17, 15) is 0 Å². The first-order valence-corrected chi connectivity index (χ1v) is 3.93. The van der Waals surface area contributed by atoms with E-state index in [4.69, 9.17) is 0 Å². The quantitative estimate of drug-likeness (QED) is 0.524. The van der Waals surface area contributed by atoms with Gasteiger partial charge in [0.15, 0.2) is 0 Å². The smallest absolute Gasteiger partial charge is 0.0408 e. The highest BCUT2D eigenvalue weighted by atomic mass is 14.7. The molecule has 0 bridgehead atoms. The standard InChI is InChI=1S/C9H19N/c1-8(2)6-10-7-9(3,4)5/h7-8H,6H2,1-5H3. The Morgan fingerprint density at radius 2 is 1.80 bits per heavy atom. The highest BCUT2D eigenvalue weighted by molar-refractivity contribution is 5.63. The van der Waals surface area contributed by atoms with Crippen molar-refractivity contribution in [2.75, 3.05) is 6.54 Å². The van der Waals surface area contributed by atoms with Crippen molar-refractivity contribution in [2.24, 2.45) is 16.3 Å². The molecule has 0 aromatic rings. The Balaban J connectivity index is 3.57. The first kappa shape index (κ1) is 9.67. The third-order valence-electron chi connectivity index (χ3n) is 0.949. The lowest BCUT2D eigenvalue weighted by molar-refractivity contribution is 0.595. The average Bonchev–Trinajstić information content (AvgIpc) is 1.59. The Bertz CT molecular complexity index is 106. The van der Waals surface area contributed by atoms with Crippen molar-refractivity contribution in [1.82, 2.24) is 0 Å². The molecule has 0 aromatic carbocycles. The second-order valence-electron chi connectivity index (χ2n) is 4.25. The normalized spacial score (nSPS) is 13.4. The molecule has 0 N–H and O–H groups in total. The van der Waals surface area contributed by atoms with E-state index >= 15 is 0 Å². The molecule has 0 saturated heterocycles. The SMILES string of the molecule is CC(C)CN=CC(C)(C)C. The van der Waals surface area contributed by atoms with E-state index in [0.717, 1.165) is 6.54 Å². The van der Waals surface area contributed by atoms with Crippen LogP contribution in [0.4, 0.5) is 0 Å². The Hall–Kier alpha value is -0.330. The summed E-state index contributed by atoms with van der Waals surface area (Å²) in [6.07, 6.45) is 2.03. The van der Waals surface area contributed by atoms with Crippen molar-refractivity contribution >= 4 is 6.21 Å². The molecule has 0 aromatic heterocycles. The predicted molar refractivity (Wildman–Crippen MR) is 47.7 cm³/mol. The first-order valence-electron chi connectivity index (χ1n) is 3.93. The molecule has 0 radical (unpaired) electrons. The Morgan fingerprint density at radius 1 is 1.30 bits per heavy atom. The van der Waals surface area contributed by atoms with Crippen LogP contribution in [-0.4, -0.2) is 12.8 Å². The van der Waals surface area contributed by atoms with Crippen molar-refractivity contribution in [2.45, 2.75) is 34.6 Å². The first-order chi connectivity index (χ1) is 4.42. The van der Waals surface area contributed by atoms with E-state index in [1.807, 2.05) is 6.21 Å². The molecule has 0 aliphatic carbocycles. The summed E-state index contributed by atoms with van der Waals surface area (Å²) in [6.45, 7) is 11.8. The number of hydrogen-bond donors (Lipinski definition) is 0. The van der Waals surface area contributed by atoms with Gasteiger partial charge in [-0.25, -0.2) is 0 Å². The van der Waals surface area contributed by atoms with Gasteiger partial charge in [-0.05, 0) is 11.3 Å². The monoisotopic (exact) mass is 141 g/mol. The maximum atomic E-state index is 4.32. The summed E-state index contributed by atoms with van der Waals surface area (Å²) >= 11 is 0. The van der Waals surface area contributed by atoms with Crippen molar-refractivity contribution < 1.29 is 0 Å². The number of rotatable bonds is 2. The molecule has 0 atom stereocenters. The molecule has 1 heteroatoms. The van der Waals surface area contributed by atoms with Crippen molar-refractivity contribution in [1.29, 1.82) is 0 Å². The van der Waals surface area contributed by atoms with Gasteiger partial charge in [-0.15, -0.1) is 0 Å². The fourth-order valence-corrected chi connectivity index (χ4v) is 0.537. The number of aliphatic imine (C=N–C) groups is 1. The van der Waals surface area contributed by atoms with E-state index in [1.165, 1.54) is 0 Å². The van der Waals surface area contributed by atoms with Crippen LogP contribution >= 0.6 is 0 Å². The van der Waals surface area contributed by atoms with Crippen LogP contribution in [0.15, 0.2) is 4.99 Å². The molecular formula is C9H19N. The van der Waals surface area contributed by atoms with Crippen LogP contribution < -0.4 is 0 Å². The Morgan fingerprint density at radius 3 is 2.10 bits per heavy atom. The van der Waals surface area contributed by atoms with Crippen molar-refractivity contribution in [3.05, 3.63) is 0 Å². The highest BCUT2D eigenvalue weighted by Crippen LogP contribution is 2.08. The van der Waals surface area contributed by atoms with Crippen LogP contribution in [0.5, 0.6) is 0 Å². The van der Waals surface area contributed by atoms with Crippen LogP contribution in [0.2, 0.25) is 0 Å². The maximum Gasteiger partial charge on any atom is 0.0408 e. The third kappa shape index (κ3) is 7.67. The van der Waals surface area contributed by atoms with Crippen molar-refractivity contribution in [3.63, 3.8) is 0 Å². The van der Waals surface area contributed by atoms with Gasteiger partial charge in [0.2, 0.25) is 0 Å². The van der Waals surface area contributed by atoms with Gasteiger partial charge in [-0.2, -0.15) is 0 Å². The second kappa shape index (κ2) is 3.75. The van der Waals surface area contributed by atoms with Gasteiger partial charge >= 0.3 is 0 Å². The lowest BCUT2D eigenvalue weighted by atomic mass is 9.99. The minimum absolute atomic E-state index is 0.245. The topological polar surface area (TPSA) is 12.4 Å². The van der Waals surface area contributed by atoms with E-state index in [0.29, 0.717) is 5.92 Å². The number of hydrogen-bond acceptors (Lipinski definition) is 1. The van der Waals surface area contributed by atoms with E-state index in [2.05, 4.69) is 39.6 Å². The number of nitrogens with zero attached hydrogens (tertiary/aromatic N) is 1. The zero-order valence-corrected chi connectivity index (χ0v) is 7.81. The van der Waals surface area contributed by atoms with Crippen LogP contribution in [-0.2, 0) is 0 Å². The molecule has 0 unspecified atom stereocenters. The Kier molecular flexibility index (Phi) is 3.62. The fraction of sp³-hybridized carbons (Fsp3) is 0.889. The molecule has 0 aliphatic heterocycles. The summed E-state index contributed by atoms with van der Waals surface area (Å²) in [5, 5.41) is 0. The molecule has 0 amide bonds. The summed E-state index contributed by atoms with van der Waals surface area (Å²) < 4.78 is 0. The van der Waals surface area contributed by atoms with Crippen LogP contribution in [0, 0.1) is 11.3 Å². The van der Waals surface area contributed by atoms with Gasteiger partial charge in [0, 0.05) is 12.8 Å². The van der Waals surface area contributed by atoms with Gasteiger partial charge in [-0.1, -0.05) is 34.6 Å². The van der Waals surface area contributed by atoms with Crippen LogP contribution in [0.1, 0.15) is 34.6 Å². The zero-order valence-electron chi connectivity index (χ0n) is 7.81. The van der Waals surface area contributed by atoms with Crippen LogP contribution in [0.3, 0.4) is 0 Å². The Labute approximate surface area is 64.6 Å². The minimum Gasteiger partial charge on any atom is -0.297 e. The summed E-state index contributed by atoms with van der Waals surface area (Å²) in [6, 6.07) is 0. The van der Waals surface area contributed by atoms with Crippen molar-refractivity contribution in [3.8, 4) is 0 Å². The summed E-state index contributed by atoms with van der Waals surface area (Å²) in [7, 11) is 0. The molecule has 0 fully saturated rings. The molecule has 0 aliphatic rings. The van der Waals surface area contributed by atoms with Gasteiger partial charge in [0.25, 0.3) is 0 Å². The third-order valence-corrected chi connectivity index (χ3v) is 0.949. The van der Waals surface area contributed by atoms with E-state index in [1.54, 1.807) is 0 Å². The summed E-state index contributed by atoms with van der Waals surface area (Å²) in [4.78, 5) is 4.32. The van der Waals surface area contributed by atoms with Crippen LogP contribution in [0.25, 0.3) is 0 Å². The molecule has 0 saturated carbocycles. The van der Waals surface area contributed by atoms with E-state index in [-0.39, 0.29) is 5.41 Å². The maximum absolute atomic E-state index is 4.32. The summed E-state index contributed by atoms with van der Waals surface area (Å²) in [5.74, 6) is 0.679. The molecule has 0 rings (SSSR count). The lowest BCUT2D eigenvalue weighted by Crippen LogP contribution is -2.07. The van der Waals surface area contributed by atoms with E-state index < -0.39 is 0 Å². The predicted octanol–water partition coefficient (Wildman–Crippen LogP) is 2.76. The molecule has 60 valence electrons. The minimum atomic E-state index is 0.245. The second-order valence-corrected chi connectivity index (χ2v) is 4.25. The molecule has 10 heavy (non-hydrogen) atoms. The molecule has 0 spiro atoms. The average molecular weight is 141 g/mol. The molecule has 0 heterocycles. The highest BCUT2D eigenvalue weighted by Gasteiger charge is 2.04. The largest absolute Gasteiger partial charge is 0.297 e. The van der Waals surface area contributed by atoms with Gasteiger partial charge in [0.1, 0.15) is 0 Å². The lowest BCUT2D eigenvalue weighted by Gasteiger charge is -2.10. The van der Waals surface area contributed by atoms with Gasteiger partial charge in [-0.3, -0.25) is 4.99 Å². The fourth-order valence-electron chi connectivity index (χ4n) is 0.537.